The molecule has 2 nitrogen and oxygen atoms in total. The van der Waals surface area contributed by atoms with Gasteiger partial charge in [-0.1, -0.05) is 34.6 Å². The molecule has 0 aromatic carbocycles. The molecule has 19 heavy (non-hydrogen) atoms. The van der Waals surface area contributed by atoms with E-state index in [9.17, 15) is 5.11 Å². The Morgan fingerprint density at radius 2 is 1.79 bits per heavy atom. The van der Waals surface area contributed by atoms with Gasteiger partial charge >= 0.3 is 0 Å². The van der Waals surface area contributed by atoms with Gasteiger partial charge in [-0.3, -0.25) is 4.90 Å². The van der Waals surface area contributed by atoms with E-state index in [4.69, 9.17) is 0 Å². The maximum Gasteiger partial charge on any atom is 0.0695 e. The third kappa shape index (κ3) is 3.52. The number of nitrogens with zero attached hydrogens (tertiary/aromatic N) is 1. The lowest BCUT2D eigenvalue weighted by Crippen LogP contribution is -2.48. The Hall–Kier alpha value is -0.0800. The lowest BCUT2D eigenvalue weighted by molar-refractivity contribution is -0.0103. The number of aliphatic hydroxyl groups excluding tert-OH is 1. The molecule has 1 heterocycles. The number of hydrogen-bond acceptors (Lipinski definition) is 2. The van der Waals surface area contributed by atoms with E-state index in [0.29, 0.717) is 11.5 Å². The molecule has 112 valence electrons. The first-order valence-corrected chi connectivity index (χ1v) is 8.21. The van der Waals surface area contributed by atoms with E-state index in [2.05, 4.69) is 39.5 Å². The van der Waals surface area contributed by atoms with Crippen LogP contribution in [-0.2, 0) is 0 Å². The Kier molecular flexibility index (Phi) is 4.62. The van der Waals surface area contributed by atoms with E-state index >= 15 is 0 Å². The molecule has 1 aliphatic heterocycles. The first kappa shape index (κ1) is 15.3. The van der Waals surface area contributed by atoms with E-state index in [1.54, 1.807) is 0 Å². The highest BCUT2D eigenvalue weighted by Crippen LogP contribution is 2.40. The highest BCUT2D eigenvalue weighted by Gasteiger charge is 2.40. The van der Waals surface area contributed by atoms with E-state index in [1.165, 1.54) is 32.4 Å². The number of rotatable bonds is 2. The van der Waals surface area contributed by atoms with Gasteiger partial charge in [0, 0.05) is 12.6 Å². The van der Waals surface area contributed by atoms with Crippen LogP contribution < -0.4 is 0 Å². The van der Waals surface area contributed by atoms with Crippen LogP contribution in [0.2, 0.25) is 0 Å². The predicted octanol–water partition coefficient (Wildman–Crippen LogP) is 3.54. The second-order valence-electron chi connectivity index (χ2n) is 8.30. The minimum atomic E-state index is -0.0930. The minimum Gasteiger partial charge on any atom is -0.391 e. The number of hydrogen-bond donors (Lipinski definition) is 1. The third-order valence-corrected chi connectivity index (χ3v) is 5.67. The second-order valence-corrected chi connectivity index (χ2v) is 8.30. The predicted molar refractivity (Wildman–Crippen MR) is 81.1 cm³/mol. The molecule has 0 aromatic heterocycles. The largest absolute Gasteiger partial charge is 0.391 e. The molecule has 0 bridgehead atoms. The summed E-state index contributed by atoms with van der Waals surface area (Å²) in [5, 5.41) is 10.4. The molecule has 1 N–H and O–H groups in total. The molecule has 0 amide bonds. The van der Waals surface area contributed by atoms with E-state index < -0.39 is 0 Å². The summed E-state index contributed by atoms with van der Waals surface area (Å²) < 4.78 is 0. The fourth-order valence-corrected chi connectivity index (χ4v) is 3.97. The molecule has 2 rings (SSSR count). The molecule has 1 aliphatic carbocycles. The van der Waals surface area contributed by atoms with Crippen molar-refractivity contribution in [2.45, 2.75) is 72.4 Å². The molecular formula is C17H33NO. The lowest BCUT2D eigenvalue weighted by atomic mass is 9.70. The van der Waals surface area contributed by atoms with Crippen molar-refractivity contribution in [3.05, 3.63) is 0 Å². The molecular weight excluding hydrogens is 234 g/mol. The highest BCUT2D eigenvalue weighted by molar-refractivity contribution is 4.93. The Morgan fingerprint density at radius 1 is 1.11 bits per heavy atom. The molecule has 1 saturated carbocycles. The minimum absolute atomic E-state index is 0.0930. The van der Waals surface area contributed by atoms with Crippen molar-refractivity contribution in [1.29, 1.82) is 0 Å². The van der Waals surface area contributed by atoms with Gasteiger partial charge in [-0.2, -0.15) is 0 Å². The van der Waals surface area contributed by atoms with Crippen LogP contribution in [-0.4, -0.2) is 35.2 Å². The summed E-state index contributed by atoms with van der Waals surface area (Å²) in [6.45, 7) is 14.1. The standard InChI is InChI=1S/C17H33NO/c1-12(2)13-8-9-18(11-13)15-10-14(17(3,4)5)6-7-16(15)19/h12-16,19H,6-11H2,1-5H3. The molecule has 2 heteroatoms. The first-order valence-electron chi connectivity index (χ1n) is 8.21. The van der Waals surface area contributed by atoms with Crippen molar-refractivity contribution in [2.24, 2.45) is 23.2 Å². The maximum atomic E-state index is 10.4. The average molecular weight is 267 g/mol. The van der Waals surface area contributed by atoms with Crippen LogP contribution in [0.25, 0.3) is 0 Å². The Labute approximate surface area is 119 Å². The molecule has 2 fully saturated rings. The van der Waals surface area contributed by atoms with Gasteiger partial charge in [0.2, 0.25) is 0 Å². The normalized spacial score (nSPS) is 38.1. The SMILES string of the molecule is CC(C)C1CCN(C2CC(C(C)(C)C)CCC2O)C1. The lowest BCUT2D eigenvalue weighted by Gasteiger charge is -2.43. The first-order chi connectivity index (χ1) is 8.79. The van der Waals surface area contributed by atoms with Gasteiger partial charge in [0.25, 0.3) is 0 Å². The van der Waals surface area contributed by atoms with Gasteiger partial charge < -0.3 is 5.11 Å². The quantitative estimate of drug-likeness (QED) is 0.827. The summed E-state index contributed by atoms with van der Waals surface area (Å²) in [7, 11) is 0. The van der Waals surface area contributed by atoms with Crippen LogP contribution in [0.3, 0.4) is 0 Å². The summed E-state index contributed by atoms with van der Waals surface area (Å²) in [5.74, 6) is 2.38. The van der Waals surface area contributed by atoms with Gasteiger partial charge in [0.15, 0.2) is 0 Å². The van der Waals surface area contributed by atoms with Crippen molar-refractivity contribution in [3.8, 4) is 0 Å². The fourth-order valence-electron chi connectivity index (χ4n) is 3.97. The highest BCUT2D eigenvalue weighted by atomic mass is 16.3. The molecule has 4 atom stereocenters. The summed E-state index contributed by atoms with van der Waals surface area (Å²) >= 11 is 0. The van der Waals surface area contributed by atoms with Gasteiger partial charge in [0.1, 0.15) is 0 Å². The molecule has 4 unspecified atom stereocenters. The molecule has 1 saturated heterocycles. The monoisotopic (exact) mass is 267 g/mol. The van der Waals surface area contributed by atoms with Crippen LogP contribution in [0, 0.1) is 23.2 Å². The van der Waals surface area contributed by atoms with Gasteiger partial charge in [-0.15, -0.1) is 0 Å². The van der Waals surface area contributed by atoms with E-state index in [-0.39, 0.29) is 6.10 Å². The van der Waals surface area contributed by atoms with Crippen LogP contribution in [0.4, 0.5) is 0 Å². The Balaban J connectivity index is 1.98. The van der Waals surface area contributed by atoms with Crippen molar-refractivity contribution < 1.29 is 5.11 Å². The summed E-state index contributed by atoms with van der Waals surface area (Å²) in [6.07, 6.45) is 4.61. The summed E-state index contributed by atoms with van der Waals surface area (Å²) in [6, 6.07) is 0.418. The summed E-state index contributed by atoms with van der Waals surface area (Å²) in [5.41, 5.74) is 0.384. The summed E-state index contributed by atoms with van der Waals surface area (Å²) in [4.78, 5) is 2.59. The zero-order valence-electron chi connectivity index (χ0n) is 13.5. The smallest absolute Gasteiger partial charge is 0.0695 e. The van der Waals surface area contributed by atoms with Crippen LogP contribution in [0.15, 0.2) is 0 Å². The number of aliphatic hydroxyl groups is 1. The van der Waals surface area contributed by atoms with Crippen LogP contribution >= 0.6 is 0 Å². The van der Waals surface area contributed by atoms with E-state index in [1.807, 2.05) is 0 Å². The van der Waals surface area contributed by atoms with Crippen molar-refractivity contribution >= 4 is 0 Å². The van der Waals surface area contributed by atoms with Crippen molar-refractivity contribution in [3.63, 3.8) is 0 Å². The zero-order chi connectivity index (χ0) is 14.2. The van der Waals surface area contributed by atoms with Crippen LogP contribution in [0.5, 0.6) is 0 Å². The Bertz CT molecular complexity index is 294. The second kappa shape index (κ2) is 5.73. The fraction of sp³-hybridized carbons (Fsp3) is 1.00. The topological polar surface area (TPSA) is 23.5 Å². The maximum absolute atomic E-state index is 10.4. The zero-order valence-corrected chi connectivity index (χ0v) is 13.5. The molecule has 0 aromatic rings. The van der Waals surface area contributed by atoms with Crippen molar-refractivity contribution in [2.75, 3.05) is 13.1 Å². The van der Waals surface area contributed by atoms with Crippen molar-refractivity contribution in [1.82, 2.24) is 4.90 Å². The van der Waals surface area contributed by atoms with Gasteiger partial charge in [0.05, 0.1) is 6.10 Å². The average Bonchev–Trinajstić information content (AvgIpc) is 2.77. The molecule has 2 aliphatic rings. The van der Waals surface area contributed by atoms with Crippen LogP contribution in [0.1, 0.15) is 60.3 Å². The third-order valence-electron chi connectivity index (χ3n) is 5.67. The van der Waals surface area contributed by atoms with E-state index in [0.717, 1.165) is 24.2 Å². The molecule has 0 spiro atoms. The molecule has 0 radical (unpaired) electrons. The van der Waals surface area contributed by atoms with Gasteiger partial charge in [-0.05, 0) is 55.4 Å². The Morgan fingerprint density at radius 3 is 2.32 bits per heavy atom. The number of likely N-dealkylation sites (tertiary alicyclic amines) is 1. The van der Waals surface area contributed by atoms with Gasteiger partial charge in [-0.25, -0.2) is 0 Å².